The zero-order chi connectivity index (χ0) is 21.8. The van der Waals surface area contributed by atoms with Gasteiger partial charge in [-0.3, -0.25) is 0 Å². The van der Waals surface area contributed by atoms with Gasteiger partial charge < -0.3 is 9.88 Å². The van der Waals surface area contributed by atoms with E-state index in [1.165, 1.54) is 35.1 Å². The summed E-state index contributed by atoms with van der Waals surface area (Å²) < 4.78 is 55.2. The molecule has 4 aromatic heterocycles. The molecule has 7 nitrogen and oxygen atoms in total. The highest BCUT2D eigenvalue weighted by Crippen LogP contribution is 2.38. The number of H-pyrrole nitrogens is 1. The van der Waals surface area contributed by atoms with Gasteiger partial charge in [0.2, 0.25) is 0 Å². The van der Waals surface area contributed by atoms with Crippen molar-refractivity contribution in [1.82, 2.24) is 24.6 Å². The summed E-state index contributed by atoms with van der Waals surface area (Å²) in [5, 5.41) is 13.7. The molecule has 1 N–H and O–H groups in total. The molecule has 0 spiro atoms. The number of aromatic amines is 1. The van der Waals surface area contributed by atoms with Gasteiger partial charge in [-0.2, -0.15) is 23.5 Å². The second-order valence-corrected chi connectivity index (χ2v) is 7.04. The maximum atomic E-state index is 14.2. The van der Waals surface area contributed by atoms with Crippen LogP contribution in [0.3, 0.4) is 0 Å². The molecule has 5 heterocycles. The third-order valence-corrected chi connectivity index (χ3v) is 5.26. The average molecular weight is 427 g/mol. The molecule has 0 unspecified atom stereocenters. The molecule has 0 aliphatic carbocycles. The lowest BCUT2D eigenvalue weighted by Gasteiger charge is -2.35. The van der Waals surface area contributed by atoms with Crippen LogP contribution < -0.4 is 4.90 Å². The van der Waals surface area contributed by atoms with Crippen LogP contribution in [0.25, 0.3) is 5.52 Å². The summed E-state index contributed by atoms with van der Waals surface area (Å²) >= 11 is 0. The van der Waals surface area contributed by atoms with Gasteiger partial charge in [-0.15, -0.1) is 0 Å². The summed E-state index contributed by atoms with van der Waals surface area (Å²) in [6, 6.07) is 7.40. The SMILES string of the molecule is N#Cc1nc(N2CCc3[nH]cnc3[C@@H]2c2cc3c(F)cccn3n2)ccc1C(F)(F)F. The number of alkyl halides is 3. The predicted octanol–water partition coefficient (Wildman–Crippen LogP) is 3.63. The minimum Gasteiger partial charge on any atom is -0.348 e. The Morgan fingerprint density at radius 2 is 2.06 bits per heavy atom. The Kier molecular flexibility index (Phi) is 4.18. The Labute approximate surface area is 172 Å². The summed E-state index contributed by atoms with van der Waals surface area (Å²) in [7, 11) is 0. The second-order valence-electron chi connectivity index (χ2n) is 7.04. The Bertz CT molecular complexity index is 1330. The average Bonchev–Trinajstić information content (AvgIpc) is 3.39. The highest BCUT2D eigenvalue weighted by atomic mass is 19.4. The van der Waals surface area contributed by atoms with E-state index in [-0.39, 0.29) is 11.3 Å². The maximum Gasteiger partial charge on any atom is 0.419 e. The van der Waals surface area contributed by atoms with Crippen molar-refractivity contribution in [2.24, 2.45) is 0 Å². The van der Waals surface area contributed by atoms with Crippen molar-refractivity contribution in [1.29, 1.82) is 5.26 Å². The molecule has 0 bridgehead atoms. The van der Waals surface area contributed by atoms with E-state index in [1.54, 1.807) is 17.2 Å². The molecule has 11 heteroatoms. The van der Waals surface area contributed by atoms with Crippen molar-refractivity contribution >= 4 is 11.3 Å². The molecule has 0 saturated heterocycles. The molecule has 1 atom stereocenters. The number of hydrogen-bond acceptors (Lipinski definition) is 5. The minimum absolute atomic E-state index is 0.181. The van der Waals surface area contributed by atoms with E-state index in [1.807, 2.05) is 0 Å². The number of imidazole rings is 1. The number of fused-ring (bicyclic) bond motifs is 2. The van der Waals surface area contributed by atoms with Gasteiger partial charge in [-0.25, -0.2) is 18.9 Å². The van der Waals surface area contributed by atoms with Gasteiger partial charge in [0.1, 0.15) is 29.3 Å². The van der Waals surface area contributed by atoms with E-state index in [2.05, 4.69) is 20.1 Å². The van der Waals surface area contributed by atoms with Crippen LogP contribution in [0.1, 0.15) is 34.4 Å². The van der Waals surface area contributed by atoms with Crippen molar-refractivity contribution in [2.75, 3.05) is 11.4 Å². The molecule has 0 amide bonds. The lowest BCUT2D eigenvalue weighted by molar-refractivity contribution is -0.138. The highest BCUT2D eigenvalue weighted by molar-refractivity contribution is 5.55. The first kappa shape index (κ1) is 19.0. The molecule has 0 fully saturated rings. The minimum atomic E-state index is -4.69. The fourth-order valence-corrected chi connectivity index (χ4v) is 3.88. The zero-order valence-corrected chi connectivity index (χ0v) is 15.7. The van der Waals surface area contributed by atoms with Gasteiger partial charge in [0, 0.05) is 24.9 Å². The van der Waals surface area contributed by atoms with Gasteiger partial charge in [-0.05, 0) is 30.3 Å². The first-order valence-electron chi connectivity index (χ1n) is 9.27. The summed E-state index contributed by atoms with van der Waals surface area (Å²) in [6.45, 7) is 0.388. The zero-order valence-electron chi connectivity index (χ0n) is 15.7. The molecule has 156 valence electrons. The van der Waals surface area contributed by atoms with Crippen LogP contribution in [0.2, 0.25) is 0 Å². The number of halogens is 4. The molecule has 4 aromatic rings. The molecule has 1 aliphatic heterocycles. The van der Waals surface area contributed by atoms with Crippen molar-refractivity contribution in [2.45, 2.75) is 18.6 Å². The van der Waals surface area contributed by atoms with Crippen LogP contribution in [0.5, 0.6) is 0 Å². The topological polar surface area (TPSA) is 85.9 Å². The maximum absolute atomic E-state index is 14.2. The number of nitrogens with zero attached hydrogens (tertiary/aromatic N) is 6. The van der Waals surface area contributed by atoms with Gasteiger partial charge in [0.15, 0.2) is 5.69 Å². The number of aromatic nitrogens is 5. The number of anilines is 1. The smallest absolute Gasteiger partial charge is 0.348 e. The van der Waals surface area contributed by atoms with Gasteiger partial charge in [0.05, 0.1) is 23.3 Å². The quantitative estimate of drug-likeness (QED) is 0.494. The van der Waals surface area contributed by atoms with E-state index in [0.29, 0.717) is 24.4 Å². The largest absolute Gasteiger partial charge is 0.419 e. The molecule has 0 radical (unpaired) electrons. The van der Waals surface area contributed by atoms with E-state index in [9.17, 15) is 22.8 Å². The highest BCUT2D eigenvalue weighted by Gasteiger charge is 2.37. The normalized spacial score (nSPS) is 16.4. The van der Waals surface area contributed by atoms with Crippen molar-refractivity contribution in [3.8, 4) is 6.07 Å². The Balaban J connectivity index is 1.66. The van der Waals surface area contributed by atoms with Crippen molar-refractivity contribution in [3.63, 3.8) is 0 Å². The third kappa shape index (κ3) is 3.07. The van der Waals surface area contributed by atoms with Gasteiger partial charge in [-0.1, -0.05) is 0 Å². The van der Waals surface area contributed by atoms with Crippen LogP contribution in [0, 0.1) is 17.1 Å². The van der Waals surface area contributed by atoms with Crippen LogP contribution in [-0.2, 0) is 12.6 Å². The summed E-state index contributed by atoms with van der Waals surface area (Å²) in [4.78, 5) is 13.1. The monoisotopic (exact) mass is 427 g/mol. The summed E-state index contributed by atoms with van der Waals surface area (Å²) in [6.07, 6.45) is -1.02. The molecule has 0 aromatic carbocycles. The molecule has 0 saturated carbocycles. The Morgan fingerprint density at radius 3 is 2.81 bits per heavy atom. The molecule has 1 aliphatic rings. The van der Waals surface area contributed by atoms with E-state index >= 15 is 0 Å². The Hall–Kier alpha value is -3.94. The van der Waals surface area contributed by atoms with Gasteiger partial charge in [0.25, 0.3) is 0 Å². The number of nitrogens with one attached hydrogen (secondary N) is 1. The Morgan fingerprint density at radius 1 is 1.23 bits per heavy atom. The molecule has 5 rings (SSSR count). The number of pyridine rings is 2. The van der Waals surface area contributed by atoms with Crippen molar-refractivity contribution in [3.05, 3.63) is 77.0 Å². The molecular weight excluding hydrogens is 414 g/mol. The fraction of sp³-hybridized carbons (Fsp3) is 0.200. The van der Waals surface area contributed by atoms with Crippen LogP contribution >= 0.6 is 0 Å². The number of nitriles is 1. The fourth-order valence-electron chi connectivity index (χ4n) is 3.88. The van der Waals surface area contributed by atoms with Crippen molar-refractivity contribution < 1.29 is 17.6 Å². The predicted molar refractivity (Wildman–Crippen MR) is 101 cm³/mol. The van der Waals surface area contributed by atoms with Crippen LogP contribution in [0.15, 0.2) is 42.9 Å². The molecular formula is C20H13F4N7. The molecule has 31 heavy (non-hydrogen) atoms. The first-order chi connectivity index (χ1) is 14.9. The van der Waals surface area contributed by atoms with E-state index < -0.39 is 29.3 Å². The standard InChI is InChI=1S/C20H13F4N7/c21-12-2-1-6-31-16(12)8-14(29-31)19-18-13(26-10-27-18)5-7-30(19)17-4-3-11(20(22,23)24)15(9-25)28-17/h1-4,6,8,10,19H,5,7H2,(H,26,27)/t19-/m0/s1. The summed E-state index contributed by atoms with van der Waals surface area (Å²) in [5.74, 6) is -0.272. The van der Waals surface area contributed by atoms with Crippen LogP contribution in [-0.4, -0.2) is 31.1 Å². The summed E-state index contributed by atoms with van der Waals surface area (Å²) in [5.41, 5.74) is 0.387. The number of rotatable bonds is 2. The van der Waals surface area contributed by atoms with E-state index in [0.717, 1.165) is 11.8 Å². The third-order valence-electron chi connectivity index (χ3n) is 5.26. The first-order valence-corrected chi connectivity index (χ1v) is 9.27. The second kappa shape index (κ2) is 6.80. The number of hydrogen-bond donors (Lipinski definition) is 1. The lowest BCUT2D eigenvalue weighted by atomic mass is 9.99. The van der Waals surface area contributed by atoms with Crippen LogP contribution in [0.4, 0.5) is 23.4 Å². The lowest BCUT2D eigenvalue weighted by Crippen LogP contribution is -2.37. The van der Waals surface area contributed by atoms with E-state index in [4.69, 9.17) is 0 Å². The van der Waals surface area contributed by atoms with Gasteiger partial charge >= 0.3 is 6.18 Å².